The molecule has 2 aromatic carbocycles. The topological polar surface area (TPSA) is 58.6 Å². The second kappa shape index (κ2) is 13.0. The molecule has 0 bridgehead atoms. The lowest BCUT2D eigenvalue weighted by Gasteiger charge is -2.29. The predicted molar refractivity (Wildman–Crippen MR) is 133 cm³/mol. The van der Waals surface area contributed by atoms with Crippen LogP contribution in [-0.4, -0.2) is 42.2 Å². The Morgan fingerprint density at radius 3 is 2.38 bits per heavy atom. The second-order valence-corrected chi connectivity index (χ2v) is 9.74. The van der Waals surface area contributed by atoms with Gasteiger partial charge in [0.1, 0.15) is 11.8 Å². The molecule has 0 aliphatic carbocycles. The van der Waals surface area contributed by atoms with Gasteiger partial charge in [0, 0.05) is 28.9 Å². The molecule has 8 heteroatoms. The van der Waals surface area contributed by atoms with Crippen molar-refractivity contribution in [3.05, 3.63) is 63.6 Å². The van der Waals surface area contributed by atoms with Crippen molar-refractivity contribution in [3.63, 3.8) is 0 Å². The zero-order chi connectivity index (χ0) is 23.7. The van der Waals surface area contributed by atoms with Gasteiger partial charge in [-0.05, 0) is 48.2 Å². The summed E-state index contributed by atoms with van der Waals surface area (Å²) in [7, 11) is 1.63. The lowest BCUT2D eigenvalue weighted by molar-refractivity contribution is -0.138. The highest BCUT2D eigenvalue weighted by atomic mass is 35.5. The number of carbonyl (C=O) groups excluding carboxylic acids is 2. The van der Waals surface area contributed by atoms with Crippen molar-refractivity contribution < 1.29 is 14.3 Å². The first-order chi connectivity index (χ1) is 15.2. The van der Waals surface area contributed by atoms with Gasteiger partial charge in [-0.2, -0.15) is 0 Å². The zero-order valence-electron chi connectivity index (χ0n) is 18.9. The number of hydrogen-bond acceptors (Lipinski definition) is 4. The summed E-state index contributed by atoms with van der Waals surface area (Å²) >= 11 is 13.8. The number of methoxy groups -OCH3 is 1. The summed E-state index contributed by atoms with van der Waals surface area (Å²) in [6.07, 6.45) is 0. The predicted octanol–water partition coefficient (Wildman–Crippen LogP) is 5.42. The van der Waals surface area contributed by atoms with Crippen LogP contribution in [0.1, 0.15) is 31.9 Å². The third kappa shape index (κ3) is 8.23. The molecular formula is C24H30Cl2N2O3S. The first kappa shape index (κ1) is 26.4. The minimum absolute atomic E-state index is 0.123. The monoisotopic (exact) mass is 496 g/mol. The molecule has 0 saturated heterocycles. The average Bonchev–Trinajstić information content (AvgIpc) is 2.76. The Labute approximate surface area is 204 Å². The van der Waals surface area contributed by atoms with Crippen LogP contribution in [0.2, 0.25) is 10.0 Å². The molecule has 5 nitrogen and oxygen atoms in total. The Morgan fingerprint density at radius 1 is 1.09 bits per heavy atom. The van der Waals surface area contributed by atoms with Crippen LogP contribution >= 0.6 is 35.0 Å². The van der Waals surface area contributed by atoms with Crippen molar-refractivity contribution in [2.24, 2.45) is 5.92 Å². The third-order valence-corrected chi connectivity index (χ3v) is 6.44. The fourth-order valence-electron chi connectivity index (χ4n) is 2.93. The molecule has 2 rings (SSSR count). The van der Waals surface area contributed by atoms with E-state index in [2.05, 4.69) is 5.32 Å². The minimum Gasteiger partial charge on any atom is -0.497 e. The maximum absolute atomic E-state index is 13.1. The summed E-state index contributed by atoms with van der Waals surface area (Å²) in [4.78, 5) is 27.4. The van der Waals surface area contributed by atoms with Gasteiger partial charge in [-0.15, -0.1) is 11.8 Å². The molecule has 0 aliphatic heterocycles. The summed E-state index contributed by atoms with van der Waals surface area (Å²) in [5.74, 6) is 1.74. The number of amides is 2. The molecular weight excluding hydrogens is 467 g/mol. The van der Waals surface area contributed by atoms with Crippen LogP contribution < -0.4 is 10.1 Å². The molecule has 1 N–H and O–H groups in total. The van der Waals surface area contributed by atoms with Crippen LogP contribution in [0, 0.1) is 5.92 Å². The smallest absolute Gasteiger partial charge is 0.242 e. The first-order valence-electron chi connectivity index (χ1n) is 10.4. The Bertz CT molecular complexity index is 907. The quantitative estimate of drug-likeness (QED) is 0.450. The molecule has 174 valence electrons. The van der Waals surface area contributed by atoms with Crippen molar-refractivity contribution in [2.45, 2.75) is 39.1 Å². The van der Waals surface area contributed by atoms with Crippen LogP contribution in [0.5, 0.6) is 5.75 Å². The third-order valence-electron chi connectivity index (χ3n) is 4.86. The van der Waals surface area contributed by atoms with Crippen molar-refractivity contribution in [2.75, 3.05) is 19.4 Å². The highest BCUT2D eigenvalue weighted by Crippen LogP contribution is 2.24. The van der Waals surface area contributed by atoms with E-state index in [-0.39, 0.29) is 24.1 Å². The molecule has 0 radical (unpaired) electrons. The van der Waals surface area contributed by atoms with Gasteiger partial charge in [-0.25, -0.2) is 0 Å². The van der Waals surface area contributed by atoms with Crippen LogP contribution in [0.25, 0.3) is 0 Å². The number of thioether (sulfide) groups is 1. The van der Waals surface area contributed by atoms with Crippen molar-refractivity contribution in [1.82, 2.24) is 10.2 Å². The van der Waals surface area contributed by atoms with E-state index in [1.807, 2.05) is 38.1 Å². The van der Waals surface area contributed by atoms with Gasteiger partial charge in [0.2, 0.25) is 11.8 Å². The van der Waals surface area contributed by atoms with Crippen LogP contribution in [0.3, 0.4) is 0 Å². The average molecular weight is 497 g/mol. The largest absolute Gasteiger partial charge is 0.497 e. The fourth-order valence-corrected chi connectivity index (χ4v) is 4.27. The van der Waals surface area contributed by atoms with Gasteiger partial charge in [0.15, 0.2) is 0 Å². The molecule has 0 heterocycles. The van der Waals surface area contributed by atoms with Gasteiger partial charge >= 0.3 is 0 Å². The van der Waals surface area contributed by atoms with Gasteiger partial charge in [0.25, 0.3) is 0 Å². The van der Waals surface area contributed by atoms with Crippen molar-refractivity contribution >= 4 is 46.8 Å². The van der Waals surface area contributed by atoms with E-state index in [1.165, 1.54) is 11.8 Å². The SMILES string of the molecule is COc1ccc(CSCC(=O)N(Cc2ccc(Cl)cc2Cl)[C@@H](C)C(=O)NCC(C)C)cc1. The summed E-state index contributed by atoms with van der Waals surface area (Å²) in [5.41, 5.74) is 1.84. The molecule has 0 spiro atoms. The second-order valence-electron chi connectivity index (χ2n) is 7.91. The zero-order valence-corrected chi connectivity index (χ0v) is 21.2. The van der Waals surface area contributed by atoms with Gasteiger partial charge < -0.3 is 15.0 Å². The van der Waals surface area contributed by atoms with Crippen molar-refractivity contribution in [3.8, 4) is 5.75 Å². The molecule has 0 aromatic heterocycles. The number of carbonyl (C=O) groups is 2. The van der Waals surface area contributed by atoms with E-state index in [4.69, 9.17) is 27.9 Å². The maximum Gasteiger partial charge on any atom is 0.242 e. The normalized spacial score (nSPS) is 11.8. The Morgan fingerprint density at radius 2 is 1.78 bits per heavy atom. The van der Waals surface area contributed by atoms with Crippen LogP contribution in [0.4, 0.5) is 0 Å². The first-order valence-corrected chi connectivity index (χ1v) is 12.3. The van der Waals surface area contributed by atoms with Crippen LogP contribution in [0.15, 0.2) is 42.5 Å². The molecule has 2 amide bonds. The van der Waals surface area contributed by atoms with E-state index >= 15 is 0 Å². The molecule has 0 fully saturated rings. The fraction of sp³-hybridized carbons (Fsp3) is 0.417. The van der Waals surface area contributed by atoms with E-state index in [0.29, 0.717) is 28.3 Å². The Balaban J connectivity index is 2.08. The molecule has 0 saturated carbocycles. The van der Waals surface area contributed by atoms with E-state index < -0.39 is 6.04 Å². The summed E-state index contributed by atoms with van der Waals surface area (Å²) in [5, 5.41) is 3.90. The highest BCUT2D eigenvalue weighted by Gasteiger charge is 2.26. The molecule has 1 atom stereocenters. The van der Waals surface area contributed by atoms with Crippen LogP contribution in [-0.2, 0) is 21.9 Å². The minimum atomic E-state index is -0.630. The van der Waals surface area contributed by atoms with Gasteiger partial charge in [-0.1, -0.05) is 55.2 Å². The van der Waals surface area contributed by atoms with Crippen molar-refractivity contribution in [1.29, 1.82) is 0 Å². The lowest BCUT2D eigenvalue weighted by atomic mass is 10.1. The number of nitrogens with one attached hydrogen (secondary N) is 1. The lowest BCUT2D eigenvalue weighted by Crippen LogP contribution is -2.48. The standard InChI is InChI=1S/C24H30Cl2N2O3S/c1-16(2)12-27-24(30)17(3)28(13-19-7-8-20(25)11-22(19)26)23(29)15-32-14-18-5-9-21(31-4)10-6-18/h5-11,16-17H,12-15H2,1-4H3,(H,27,30)/t17-/m0/s1. The van der Waals surface area contributed by atoms with E-state index in [1.54, 1.807) is 37.1 Å². The Kier molecular flexibility index (Phi) is 10.7. The summed E-state index contributed by atoms with van der Waals surface area (Å²) in [6.45, 7) is 6.58. The molecule has 2 aromatic rings. The Hall–Kier alpha value is -1.89. The number of hydrogen-bond donors (Lipinski definition) is 1. The number of benzene rings is 2. The maximum atomic E-state index is 13.1. The van der Waals surface area contributed by atoms with Gasteiger partial charge in [-0.3, -0.25) is 9.59 Å². The van der Waals surface area contributed by atoms with E-state index in [9.17, 15) is 9.59 Å². The number of nitrogens with zero attached hydrogens (tertiary/aromatic N) is 1. The highest BCUT2D eigenvalue weighted by molar-refractivity contribution is 7.99. The molecule has 32 heavy (non-hydrogen) atoms. The van der Waals surface area contributed by atoms with Gasteiger partial charge in [0.05, 0.1) is 12.9 Å². The number of ether oxygens (including phenoxy) is 1. The number of halogens is 2. The number of rotatable bonds is 11. The summed E-state index contributed by atoms with van der Waals surface area (Å²) in [6, 6.07) is 12.3. The van der Waals surface area contributed by atoms with E-state index in [0.717, 1.165) is 16.9 Å². The molecule has 0 aliphatic rings. The summed E-state index contributed by atoms with van der Waals surface area (Å²) < 4.78 is 5.18. The molecule has 0 unspecified atom stereocenters.